The van der Waals surface area contributed by atoms with Crippen LogP contribution >= 0.6 is 9.24 Å². The average Bonchev–Trinajstić information content (AvgIpc) is 3.22. The molecule has 154 valence electrons. The first-order chi connectivity index (χ1) is 14.0. The maximum atomic E-state index is 12.7. The van der Waals surface area contributed by atoms with E-state index in [-0.39, 0.29) is 17.8 Å². The zero-order chi connectivity index (χ0) is 21.0. The van der Waals surface area contributed by atoms with Crippen molar-refractivity contribution in [2.24, 2.45) is 0 Å². The van der Waals surface area contributed by atoms with Crippen LogP contribution in [0.15, 0.2) is 11.0 Å². The van der Waals surface area contributed by atoms with Crippen LogP contribution in [0.3, 0.4) is 0 Å². The number of hydrogen-bond donors (Lipinski definition) is 4. The number of terminal acetylenes is 1. The minimum atomic E-state index is -0.857. The number of aliphatic hydroxyl groups excluding tert-OH is 2. The quantitative estimate of drug-likeness (QED) is 0.315. The molecule has 9 heteroatoms. The molecule has 2 aromatic rings. The first-order valence-electron chi connectivity index (χ1n) is 9.46. The van der Waals surface area contributed by atoms with E-state index >= 15 is 0 Å². The summed E-state index contributed by atoms with van der Waals surface area (Å²) in [7, 11) is 4.20. The molecule has 0 saturated carbocycles. The average molecular weight is 416 g/mol. The highest BCUT2D eigenvalue weighted by atomic mass is 31.0. The van der Waals surface area contributed by atoms with Crippen molar-refractivity contribution >= 4 is 26.2 Å². The number of unbranched alkanes of at least 4 members (excludes halogenated alkanes) is 3. The number of hydrogen-bond acceptors (Lipinski definition) is 6. The summed E-state index contributed by atoms with van der Waals surface area (Å²) in [4.78, 5) is 19.8. The smallest absolute Gasteiger partial charge is 0.263 e. The molecule has 1 aliphatic rings. The highest BCUT2D eigenvalue weighted by Gasteiger charge is 2.42. The van der Waals surface area contributed by atoms with Crippen molar-refractivity contribution in [1.29, 1.82) is 0 Å². The van der Waals surface area contributed by atoms with Gasteiger partial charge in [-0.3, -0.25) is 9.78 Å². The third-order valence-electron chi connectivity index (χ3n) is 4.89. The summed E-state index contributed by atoms with van der Waals surface area (Å²) in [5.74, 6) is 9.07. The van der Waals surface area contributed by atoms with Gasteiger partial charge in [-0.15, -0.1) is 21.6 Å². The fourth-order valence-electron chi connectivity index (χ4n) is 3.33. The molecule has 3 rings (SSSR count). The number of H-pyrrole nitrogens is 1. The molecule has 0 radical (unpaired) electrons. The molecule has 0 aromatic carbocycles. The van der Waals surface area contributed by atoms with Gasteiger partial charge in [0.05, 0.1) is 23.7 Å². The van der Waals surface area contributed by atoms with Gasteiger partial charge in [-0.2, -0.15) is 4.98 Å². The van der Waals surface area contributed by atoms with Crippen molar-refractivity contribution in [2.45, 2.75) is 49.8 Å². The van der Waals surface area contributed by atoms with Gasteiger partial charge in [0.1, 0.15) is 12.3 Å². The van der Waals surface area contributed by atoms with Gasteiger partial charge in [0.15, 0.2) is 5.65 Å². The number of fused-ring (bicyclic) bond motifs is 1. The lowest BCUT2D eigenvalue weighted by Crippen LogP contribution is -2.29. The maximum Gasteiger partial charge on any atom is 0.263 e. The SMILES string of the molecule is C#CCCCCC#Cc1cn([C@@H]2O[C@H](CO)[C@H](O)C2P)c2nc(NC)[nH]c(=O)c12. The van der Waals surface area contributed by atoms with E-state index in [1.165, 1.54) is 0 Å². The molecule has 2 unspecified atom stereocenters. The monoisotopic (exact) mass is 416 g/mol. The molecule has 1 fully saturated rings. The number of nitrogens with one attached hydrogen (secondary N) is 2. The van der Waals surface area contributed by atoms with E-state index in [1.54, 1.807) is 17.8 Å². The maximum absolute atomic E-state index is 12.7. The first kappa shape index (κ1) is 21.4. The van der Waals surface area contributed by atoms with Crippen LogP contribution in [-0.2, 0) is 4.74 Å². The summed E-state index contributed by atoms with van der Waals surface area (Å²) >= 11 is 0. The van der Waals surface area contributed by atoms with Crippen molar-refractivity contribution in [1.82, 2.24) is 14.5 Å². The molecule has 4 N–H and O–H groups in total. The predicted molar refractivity (Wildman–Crippen MR) is 115 cm³/mol. The molecule has 0 amide bonds. The Kier molecular flexibility index (Phi) is 6.95. The Morgan fingerprint density at radius 3 is 2.86 bits per heavy atom. The van der Waals surface area contributed by atoms with Crippen LogP contribution in [0.1, 0.15) is 37.5 Å². The minimum Gasteiger partial charge on any atom is -0.394 e. The van der Waals surface area contributed by atoms with Crippen molar-refractivity contribution in [3.63, 3.8) is 0 Å². The van der Waals surface area contributed by atoms with Crippen LogP contribution in [0, 0.1) is 24.2 Å². The van der Waals surface area contributed by atoms with Gasteiger partial charge >= 0.3 is 0 Å². The molecular weight excluding hydrogens is 391 g/mol. The number of ether oxygens (including phenoxy) is 1. The molecule has 0 spiro atoms. The summed E-state index contributed by atoms with van der Waals surface area (Å²) < 4.78 is 7.53. The molecule has 1 aliphatic heterocycles. The van der Waals surface area contributed by atoms with Crippen molar-refractivity contribution < 1.29 is 14.9 Å². The summed E-state index contributed by atoms with van der Waals surface area (Å²) in [6.07, 6.45) is 7.98. The van der Waals surface area contributed by atoms with E-state index in [0.29, 0.717) is 29.0 Å². The predicted octanol–water partition coefficient (Wildman–Crippen LogP) is 0.806. The van der Waals surface area contributed by atoms with Crippen LogP contribution in [0.2, 0.25) is 0 Å². The second kappa shape index (κ2) is 9.43. The summed E-state index contributed by atoms with van der Waals surface area (Å²) in [6.45, 7) is -0.304. The normalized spacial score (nSPS) is 23.6. The van der Waals surface area contributed by atoms with Crippen LogP contribution in [0.25, 0.3) is 11.0 Å². The highest BCUT2D eigenvalue weighted by Crippen LogP contribution is 2.37. The highest BCUT2D eigenvalue weighted by molar-refractivity contribution is 7.17. The van der Waals surface area contributed by atoms with E-state index in [9.17, 15) is 15.0 Å². The molecule has 8 nitrogen and oxygen atoms in total. The van der Waals surface area contributed by atoms with Crippen molar-refractivity contribution in [3.05, 3.63) is 22.1 Å². The largest absolute Gasteiger partial charge is 0.394 e. The second-order valence-electron chi connectivity index (χ2n) is 6.84. The fourth-order valence-corrected chi connectivity index (χ4v) is 3.85. The fraction of sp³-hybridized carbons (Fsp3) is 0.500. The Balaban J connectivity index is 2.02. The van der Waals surface area contributed by atoms with E-state index in [4.69, 9.17) is 11.2 Å². The minimum absolute atomic E-state index is 0.304. The van der Waals surface area contributed by atoms with E-state index in [0.717, 1.165) is 19.3 Å². The third-order valence-corrected chi connectivity index (χ3v) is 5.61. The topological polar surface area (TPSA) is 112 Å². The van der Waals surface area contributed by atoms with E-state index < -0.39 is 18.4 Å². The molecular formula is C20H25N4O4P. The van der Waals surface area contributed by atoms with Gasteiger partial charge in [0, 0.05) is 31.7 Å². The third kappa shape index (κ3) is 4.32. The molecule has 3 heterocycles. The number of rotatable bonds is 6. The Labute approximate surface area is 171 Å². The molecule has 2 aromatic heterocycles. The summed E-state index contributed by atoms with van der Waals surface area (Å²) in [5.41, 5.74) is 0.243. The van der Waals surface area contributed by atoms with Crippen LogP contribution < -0.4 is 10.9 Å². The van der Waals surface area contributed by atoms with Crippen molar-refractivity contribution in [3.8, 4) is 24.2 Å². The van der Waals surface area contributed by atoms with Crippen molar-refractivity contribution in [2.75, 3.05) is 19.0 Å². The summed E-state index contributed by atoms with van der Waals surface area (Å²) in [6, 6.07) is 0. The van der Waals surface area contributed by atoms with Crippen LogP contribution in [0.5, 0.6) is 0 Å². The Bertz CT molecular complexity index is 1030. The number of aliphatic hydroxyl groups is 2. The Hall–Kier alpha value is -2.35. The molecule has 0 aliphatic carbocycles. The van der Waals surface area contributed by atoms with Gasteiger partial charge in [0.25, 0.3) is 5.56 Å². The second-order valence-corrected chi connectivity index (χ2v) is 7.61. The van der Waals surface area contributed by atoms with Gasteiger partial charge < -0.3 is 24.8 Å². The van der Waals surface area contributed by atoms with E-state index in [2.05, 4.69) is 42.3 Å². The molecule has 5 atom stereocenters. The zero-order valence-electron chi connectivity index (χ0n) is 16.2. The standard InChI is InChI=1S/C20H25N4O4P/c1-3-4-5-6-7-8-9-12-10-24(19-16(29)15(26)13(11-25)28-19)17-14(12)18(27)23-20(21-2)22-17/h1,10,13,15-16,19,25-26H,4-7,11,29H2,2H3,(H2,21,22,23,27)/t13-,15+,16?,19-/m1/s1. The Morgan fingerprint density at radius 2 is 2.21 bits per heavy atom. The summed E-state index contributed by atoms with van der Waals surface area (Å²) in [5, 5.41) is 23.0. The lowest BCUT2D eigenvalue weighted by Gasteiger charge is -2.18. The lowest BCUT2D eigenvalue weighted by atomic mass is 10.2. The van der Waals surface area contributed by atoms with Gasteiger partial charge in [-0.1, -0.05) is 11.8 Å². The number of aromatic nitrogens is 3. The lowest BCUT2D eigenvalue weighted by molar-refractivity contribution is -0.0429. The molecule has 0 bridgehead atoms. The first-order valence-corrected chi connectivity index (χ1v) is 10.1. The number of aromatic amines is 1. The van der Waals surface area contributed by atoms with Gasteiger partial charge in [0.2, 0.25) is 5.95 Å². The van der Waals surface area contributed by atoms with Crippen LogP contribution in [0.4, 0.5) is 5.95 Å². The van der Waals surface area contributed by atoms with Crippen LogP contribution in [-0.4, -0.2) is 56.3 Å². The molecule has 1 saturated heterocycles. The van der Waals surface area contributed by atoms with Gasteiger partial charge in [-0.25, -0.2) is 0 Å². The van der Waals surface area contributed by atoms with E-state index in [1.807, 2.05) is 0 Å². The molecule has 29 heavy (non-hydrogen) atoms. The number of nitrogens with zero attached hydrogens (tertiary/aromatic N) is 2. The van der Waals surface area contributed by atoms with Gasteiger partial charge in [-0.05, 0) is 12.8 Å². The Morgan fingerprint density at radius 1 is 1.45 bits per heavy atom. The number of anilines is 1. The zero-order valence-corrected chi connectivity index (χ0v) is 17.3.